The minimum Gasteiger partial charge on any atom is -0.446 e. The maximum atomic E-state index is 13.3. The number of fused-ring (bicyclic) bond motifs is 1. The number of esters is 1. The molecule has 2 aliphatic rings. The minimum absolute atomic E-state index is 0.322. The zero-order valence-corrected chi connectivity index (χ0v) is 20.9. The molecule has 0 bridgehead atoms. The van der Waals surface area contributed by atoms with Gasteiger partial charge in [0.2, 0.25) is 0 Å². The highest BCUT2D eigenvalue weighted by atomic mass is 19.4. The number of alkyl halides is 3. The third kappa shape index (κ3) is 5.56. The van der Waals surface area contributed by atoms with Crippen LogP contribution in [-0.4, -0.2) is 36.7 Å². The number of halogens is 3. The van der Waals surface area contributed by atoms with Gasteiger partial charge in [0.1, 0.15) is 0 Å². The summed E-state index contributed by atoms with van der Waals surface area (Å²) in [4.78, 5) is 15.0. The third-order valence-electron chi connectivity index (χ3n) is 7.59. The Bertz CT molecular complexity index is 1050. The third-order valence-corrected chi connectivity index (χ3v) is 7.59. The first-order chi connectivity index (χ1) is 16.6. The molecule has 7 heteroatoms. The van der Waals surface area contributed by atoms with Gasteiger partial charge in [0, 0.05) is 19.6 Å². The number of rotatable bonds is 6. The number of hydrogen-bond acceptors (Lipinski definition) is 4. The topological polar surface area (TPSA) is 41.6 Å². The minimum atomic E-state index is -4.40. The zero-order valence-electron chi connectivity index (χ0n) is 20.9. The molecule has 190 valence electrons. The molecule has 1 N–H and O–H groups in total. The van der Waals surface area contributed by atoms with Crippen molar-refractivity contribution >= 4 is 5.97 Å². The first-order valence-corrected chi connectivity index (χ1v) is 12.5. The SMILES string of the molecule is CC(C(=O)OC(C)N1CCNCC1c1cccc(C(F)(F)F)c1)c1ccc2c(c1)CCC2C(C)C. The van der Waals surface area contributed by atoms with Gasteiger partial charge in [0.15, 0.2) is 6.23 Å². The van der Waals surface area contributed by atoms with Crippen molar-refractivity contribution in [2.24, 2.45) is 5.92 Å². The van der Waals surface area contributed by atoms with Gasteiger partial charge in [0.05, 0.1) is 17.5 Å². The van der Waals surface area contributed by atoms with Crippen LogP contribution in [0.2, 0.25) is 0 Å². The van der Waals surface area contributed by atoms with Crippen LogP contribution in [0.15, 0.2) is 42.5 Å². The molecule has 4 unspecified atom stereocenters. The van der Waals surface area contributed by atoms with Crippen LogP contribution in [0.3, 0.4) is 0 Å². The van der Waals surface area contributed by atoms with Crippen LogP contribution >= 0.6 is 0 Å². The Morgan fingerprint density at radius 2 is 1.89 bits per heavy atom. The van der Waals surface area contributed by atoms with Crippen molar-refractivity contribution in [3.63, 3.8) is 0 Å². The van der Waals surface area contributed by atoms with Gasteiger partial charge in [-0.1, -0.05) is 44.2 Å². The van der Waals surface area contributed by atoms with E-state index in [1.165, 1.54) is 23.3 Å². The van der Waals surface area contributed by atoms with Crippen molar-refractivity contribution in [1.82, 2.24) is 10.2 Å². The highest BCUT2D eigenvalue weighted by Gasteiger charge is 2.34. The predicted octanol–water partition coefficient (Wildman–Crippen LogP) is 6.03. The van der Waals surface area contributed by atoms with Gasteiger partial charge in [-0.3, -0.25) is 9.69 Å². The monoisotopic (exact) mass is 488 g/mol. The van der Waals surface area contributed by atoms with E-state index in [1.807, 2.05) is 17.9 Å². The molecule has 1 heterocycles. The number of hydrogen-bond donors (Lipinski definition) is 1. The lowest BCUT2D eigenvalue weighted by molar-refractivity contribution is -0.162. The van der Waals surface area contributed by atoms with Crippen LogP contribution in [0, 0.1) is 5.92 Å². The van der Waals surface area contributed by atoms with Crippen molar-refractivity contribution in [1.29, 1.82) is 0 Å². The molecule has 0 aromatic heterocycles. The van der Waals surface area contributed by atoms with Crippen LogP contribution < -0.4 is 5.32 Å². The average molecular weight is 489 g/mol. The Hall–Kier alpha value is -2.38. The van der Waals surface area contributed by atoms with Crippen molar-refractivity contribution in [3.05, 3.63) is 70.3 Å². The van der Waals surface area contributed by atoms with Crippen LogP contribution in [0.5, 0.6) is 0 Å². The van der Waals surface area contributed by atoms with E-state index in [-0.39, 0.29) is 12.0 Å². The summed E-state index contributed by atoms with van der Waals surface area (Å²) in [6, 6.07) is 11.4. The molecule has 2 aromatic rings. The maximum absolute atomic E-state index is 13.3. The Morgan fingerprint density at radius 1 is 1.11 bits per heavy atom. The fourth-order valence-corrected chi connectivity index (χ4v) is 5.49. The smallest absolute Gasteiger partial charge is 0.416 e. The van der Waals surface area contributed by atoms with E-state index < -0.39 is 23.9 Å². The highest BCUT2D eigenvalue weighted by molar-refractivity contribution is 5.78. The van der Waals surface area contributed by atoms with E-state index in [9.17, 15) is 18.0 Å². The number of nitrogens with one attached hydrogen (secondary N) is 1. The average Bonchev–Trinajstić information content (AvgIpc) is 3.26. The molecule has 2 aromatic carbocycles. The molecule has 1 saturated heterocycles. The lowest BCUT2D eigenvalue weighted by Crippen LogP contribution is -2.51. The van der Waals surface area contributed by atoms with Crippen molar-refractivity contribution in [3.8, 4) is 0 Å². The molecular weight excluding hydrogens is 453 g/mol. The molecule has 35 heavy (non-hydrogen) atoms. The van der Waals surface area contributed by atoms with Crippen LogP contribution in [-0.2, 0) is 22.1 Å². The fraction of sp³-hybridized carbons (Fsp3) is 0.536. The summed E-state index contributed by atoms with van der Waals surface area (Å²) >= 11 is 0. The molecular formula is C28H35F3N2O2. The van der Waals surface area contributed by atoms with E-state index in [0.29, 0.717) is 37.0 Å². The molecule has 4 atom stereocenters. The first kappa shape index (κ1) is 25.7. The molecule has 0 radical (unpaired) electrons. The van der Waals surface area contributed by atoms with E-state index in [2.05, 4.69) is 31.3 Å². The number of nitrogens with zero attached hydrogens (tertiary/aromatic N) is 1. The molecule has 0 amide bonds. The van der Waals surface area contributed by atoms with Crippen molar-refractivity contribution in [2.45, 2.75) is 70.8 Å². The Balaban J connectivity index is 1.46. The van der Waals surface area contributed by atoms with Gasteiger partial charge >= 0.3 is 12.1 Å². The Kier molecular flexibility index (Phi) is 7.57. The second-order valence-corrected chi connectivity index (χ2v) is 10.2. The quantitative estimate of drug-likeness (QED) is 0.504. The molecule has 4 rings (SSSR count). The van der Waals surface area contributed by atoms with Gasteiger partial charge < -0.3 is 10.1 Å². The van der Waals surface area contributed by atoms with Crippen LogP contribution in [0.25, 0.3) is 0 Å². The number of carbonyl (C=O) groups excluding carboxylic acids is 1. The summed E-state index contributed by atoms with van der Waals surface area (Å²) in [6.07, 6.45) is -2.79. The predicted molar refractivity (Wildman–Crippen MR) is 130 cm³/mol. The number of piperazine rings is 1. The maximum Gasteiger partial charge on any atom is 0.416 e. The second kappa shape index (κ2) is 10.3. The largest absolute Gasteiger partial charge is 0.446 e. The van der Waals surface area contributed by atoms with Crippen molar-refractivity contribution < 1.29 is 22.7 Å². The highest BCUT2D eigenvalue weighted by Crippen LogP contribution is 2.39. The zero-order chi connectivity index (χ0) is 25.3. The number of ether oxygens (including phenoxy) is 1. The first-order valence-electron chi connectivity index (χ1n) is 12.5. The summed E-state index contributed by atoms with van der Waals surface area (Å²) in [5.74, 6) is 0.420. The normalized spacial score (nSPS) is 22.6. The number of carbonyl (C=O) groups is 1. The summed E-state index contributed by atoms with van der Waals surface area (Å²) in [5.41, 5.74) is 3.54. The lowest BCUT2D eigenvalue weighted by Gasteiger charge is -2.40. The Labute approximate surface area is 205 Å². The van der Waals surface area contributed by atoms with Crippen LogP contribution in [0.1, 0.15) is 79.8 Å². The van der Waals surface area contributed by atoms with E-state index >= 15 is 0 Å². The Morgan fingerprint density at radius 3 is 2.60 bits per heavy atom. The van der Waals surface area contributed by atoms with Gasteiger partial charge in [-0.25, -0.2) is 0 Å². The van der Waals surface area contributed by atoms with E-state index in [0.717, 1.165) is 24.5 Å². The molecule has 0 saturated carbocycles. The molecule has 0 spiro atoms. The lowest BCUT2D eigenvalue weighted by atomic mass is 9.89. The van der Waals surface area contributed by atoms with E-state index in [1.54, 1.807) is 13.0 Å². The van der Waals surface area contributed by atoms with Gasteiger partial charge in [0.25, 0.3) is 0 Å². The number of benzene rings is 2. The summed E-state index contributed by atoms with van der Waals surface area (Å²) < 4.78 is 45.6. The van der Waals surface area contributed by atoms with Crippen LogP contribution in [0.4, 0.5) is 13.2 Å². The number of aryl methyl sites for hydroxylation is 1. The summed E-state index contributed by atoms with van der Waals surface area (Å²) in [5, 5.41) is 3.25. The molecule has 1 fully saturated rings. The molecule has 1 aliphatic carbocycles. The second-order valence-electron chi connectivity index (χ2n) is 10.2. The summed E-state index contributed by atoms with van der Waals surface area (Å²) in [7, 11) is 0. The van der Waals surface area contributed by atoms with Gasteiger partial charge in [-0.15, -0.1) is 0 Å². The molecule has 4 nitrogen and oxygen atoms in total. The summed E-state index contributed by atoms with van der Waals surface area (Å²) in [6.45, 7) is 9.88. The van der Waals surface area contributed by atoms with E-state index in [4.69, 9.17) is 4.74 Å². The van der Waals surface area contributed by atoms with Gasteiger partial charge in [-0.05, 0) is 72.9 Å². The van der Waals surface area contributed by atoms with Gasteiger partial charge in [-0.2, -0.15) is 13.2 Å². The molecule has 1 aliphatic heterocycles. The fourth-order valence-electron chi connectivity index (χ4n) is 5.49. The standard InChI is InChI=1S/C28H35F3N2O2/c1-17(2)24-10-9-21-14-20(8-11-25(21)24)18(3)27(34)35-19(4)33-13-12-32-16-26(33)22-6-5-7-23(15-22)28(29,30)31/h5-8,11,14-15,17-19,24,26,32H,9-10,12-13,16H2,1-4H3. The van der Waals surface area contributed by atoms with Crippen molar-refractivity contribution in [2.75, 3.05) is 19.6 Å².